The van der Waals surface area contributed by atoms with Gasteiger partial charge < -0.3 is 11.1 Å². The molecular weight excluding hydrogens is 410 g/mol. The number of carbonyl (C=O) groups is 1. The van der Waals surface area contributed by atoms with Crippen LogP contribution < -0.4 is 11.1 Å². The van der Waals surface area contributed by atoms with E-state index in [1.165, 1.54) is 0 Å². The van der Waals surface area contributed by atoms with Gasteiger partial charge in [0.25, 0.3) is 5.91 Å². The number of nitrogens with one attached hydrogen (secondary N) is 2. The number of rotatable bonds is 8. The molecule has 0 bridgehead atoms. The van der Waals surface area contributed by atoms with Crippen LogP contribution in [-0.4, -0.2) is 32.4 Å². The maximum atomic E-state index is 12.9. The number of benzene rings is 1. The third-order valence-electron chi connectivity index (χ3n) is 4.82. The lowest BCUT2D eigenvalue weighted by atomic mass is 10.1. The molecule has 0 atom stereocenters. The highest BCUT2D eigenvalue weighted by molar-refractivity contribution is 7.13. The summed E-state index contributed by atoms with van der Waals surface area (Å²) in [4.78, 5) is 13.9. The smallest absolute Gasteiger partial charge is 0.255 e. The van der Waals surface area contributed by atoms with Crippen molar-refractivity contribution < 1.29 is 4.79 Å². The molecule has 0 saturated heterocycles. The fraction of sp³-hybridized carbons (Fsp3) is 0.182. The second-order valence-corrected chi connectivity index (χ2v) is 7.93. The van der Waals surface area contributed by atoms with Crippen molar-refractivity contribution in [3.63, 3.8) is 0 Å². The van der Waals surface area contributed by atoms with Gasteiger partial charge in [0.15, 0.2) is 5.82 Å². The van der Waals surface area contributed by atoms with Crippen LogP contribution >= 0.6 is 11.3 Å². The van der Waals surface area contributed by atoms with Crippen LogP contribution in [0.4, 0.5) is 5.82 Å². The van der Waals surface area contributed by atoms with Crippen LogP contribution in [0.2, 0.25) is 0 Å². The molecule has 4 rings (SSSR count). The molecule has 9 heteroatoms. The van der Waals surface area contributed by atoms with E-state index in [1.54, 1.807) is 22.2 Å². The number of H-pyrrole nitrogens is 1. The van der Waals surface area contributed by atoms with Gasteiger partial charge in [-0.05, 0) is 29.9 Å². The summed E-state index contributed by atoms with van der Waals surface area (Å²) in [5, 5.41) is 25.4. The van der Waals surface area contributed by atoms with Crippen molar-refractivity contribution in [1.29, 1.82) is 5.26 Å². The van der Waals surface area contributed by atoms with Gasteiger partial charge in [0.05, 0.1) is 22.7 Å². The molecular formula is C22H21N7OS. The first-order valence-electron chi connectivity index (χ1n) is 9.82. The van der Waals surface area contributed by atoms with Crippen LogP contribution in [0.5, 0.6) is 0 Å². The van der Waals surface area contributed by atoms with Crippen LogP contribution in [-0.2, 0) is 13.0 Å². The highest BCUT2D eigenvalue weighted by atomic mass is 32.1. The minimum atomic E-state index is -0.174. The second-order valence-electron chi connectivity index (χ2n) is 6.99. The highest BCUT2D eigenvalue weighted by Gasteiger charge is 2.19. The summed E-state index contributed by atoms with van der Waals surface area (Å²) in [6.07, 6.45) is 3.01. The molecule has 4 N–H and O–H groups in total. The van der Waals surface area contributed by atoms with E-state index in [0.717, 1.165) is 10.4 Å². The summed E-state index contributed by atoms with van der Waals surface area (Å²) in [6, 6.07) is 16.0. The third-order valence-corrected chi connectivity index (χ3v) is 5.70. The number of anilines is 1. The van der Waals surface area contributed by atoms with Gasteiger partial charge in [-0.15, -0.1) is 11.3 Å². The molecule has 0 aliphatic rings. The summed E-state index contributed by atoms with van der Waals surface area (Å²) in [6.45, 7) is 1.04. The zero-order chi connectivity index (χ0) is 21.6. The van der Waals surface area contributed by atoms with Gasteiger partial charge in [0, 0.05) is 12.7 Å². The molecule has 0 unspecified atom stereocenters. The summed E-state index contributed by atoms with van der Waals surface area (Å²) in [7, 11) is 0. The van der Waals surface area contributed by atoms with E-state index in [-0.39, 0.29) is 11.7 Å². The summed E-state index contributed by atoms with van der Waals surface area (Å²) in [5.74, 6) is 0.0281. The second kappa shape index (κ2) is 9.28. The molecule has 4 aromatic rings. The molecule has 0 saturated carbocycles. The SMILES string of the molecule is N#Cc1c(N)n[nH]c1CCCNC(=O)c1cn(Cc2ccccc2)nc1-c1cccs1. The maximum absolute atomic E-state index is 12.9. The number of amides is 1. The van der Waals surface area contributed by atoms with Crippen molar-refractivity contribution in [2.75, 3.05) is 12.3 Å². The van der Waals surface area contributed by atoms with Crippen LogP contribution in [0.3, 0.4) is 0 Å². The minimum Gasteiger partial charge on any atom is -0.381 e. The Morgan fingerprint density at radius 1 is 1.26 bits per heavy atom. The molecule has 3 aromatic heterocycles. The molecule has 8 nitrogen and oxygen atoms in total. The normalized spacial score (nSPS) is 10.7. The number of carbonyl (C=O) groups excluding carboxylic acids is 1. The molecule has 0 aliphatic heterocycles. The number of hydrogen-bond donors (Lipinski definition) is 3. The summed E-state index contributed by atoms with van der Waals surface area (Å²) in [5.41, 5.74) is 9.04. The van der Waals surface area contributed by atoms with E-state index in [2.05, 4.69) is 20.6 Å². The van der Waals surface area contributed by atoms with Crippen LogP contribution in [0.15, 0.2) is 54.0 Å². The van der Waals surface area contributed by atoms with Crippen molar-refractivity contribution in [3.05, 3.63) is 76.4 Å². The Morgan fingerprint density at radius 3 is 2.84 bits per heavy atom. The van der Waals surface area contributed by atoms with Gasteiger partial charge in [0.1, 0.15) is 17.3 Å². The summed E-state index contributed by atoms with van der Waals surface area (Å²) >= 11 is 1.55. The van der Waals surface area contributed by atoms with Crippen LogP contribution in [0.1, 0.15) is 33.6 Å². The molecule has 0 aliphatic carbocycles. The number of nitrogens with zero attached hydrogens (tertiary/aromatic N) is 4. The van der Waals surface area contributed by atoms with E-state index in [0.29, 0.717) is 48.4 Å². The monoisotopic (exact) mass is 431 g/mol. The van der Waals surface area contributed by atoms with Crippen molar-refractivity contribution in [1.82, 2.24) is 25.3 Å². The Kier molecular flexibility index (Phi) is 6.10. The molecule has 0 fully saturated rings. The number of hydrogen-bond acceptors (Lipinski definition) is 6. The number of thiophene rings is 1. The fourth-order valence-electron chi connectivity index (χ4n) is 3.30. The zero-order valence-electron chi connectivity index (χ0n) is 16.7. The topological polar surface area (TPSA) is 125 Å². The Labute approximate surface area is 183 Å². The maximum Gasteiger partial charge on any atom is 0.255 e. The Hall–Kier alpha value is -3.90. The summed E-state index contributed by atoms with van der Waals surface area (Å²) < 4.78 is 1.80. The molecule has 3 heterocycles. The van der Waals surface area contributed by atoms with Crippen molar-refractivity contribution >= 4 is 23.1 Å². The number of nitrogen functional groups attached to an aromatic ring is 1. The Balaban J connectivity index is 1.44. The molecule has 0 spiro atoms. The van der Waals surface area contributed by atoms with Crippen LogP contribution in [0.25, 0.3) is 10.6 Å². The first-order chi connectivity index (χ1) is 15.2. The van der Waals surface area contributed by atoms with Crippen molar-refractivity contribution in [2.24, 2.45) is 0 Å². The predicted molar refractivity (Wildman–Crippen MR) is 119 cm³/mol. The van der Waals surface area contributed by atoms with E-state index in [9.17, 15) is 4.79 Å². The molecule has 1 aromatic carbocycles. The number of aryl methyl sites for hydroxylation is 1. The molecule has 31 heavy (non-hydrogen) atoms. The van der Waals surface area contributed by atoms with Crippen LogP contribution in [0, 0.1) is 11.3 Å². The minimum absolute atomic E-state index is 0.174. The molecule has 156 valence electrons. The highest BCUT2D eigenvalue weighted by Crippen LogP contribution is 2.27. The first kappa shape index (κ1) is 20.4. The average Bonchev–Trinajstić information content (AvgIpc) is 3.52. The fourth-order valence-corrected chi connectivity index (χ4v) is 4.02. The van der Waals surface area contributed by atoms with Gasteiger partial charge >= 0.3 is 0 Å². The van der Waals surface area contributed by atoms with Gasteiger partial charge in [-0.3, -0.25) is 14.6 Å². The standard InChI is InChI=1S/C22H21N7OS/c23-12-16-18(26-27-21(16)24)8-4-10-25-22(30)17-14-29(13-15-6-2-1-3-7-15)28-20(17)19-9-5-11-31-19/h1-3,5-7,9,11,14H,4,8,10,13H2,(H,25,30)(H3,24,26,27). The average molecular weight is 432 g/mol. The van der Waals surface area contributed by atoms with E-state index >= 15 is 0 Å². The van der Waals surface area contributed by atoms with Gasteiger partial charge in [-0.25, -0.2) is 0 Å². The van der Waals surface area contributed by atoms with Gasteiger partial charge in [-0.1, -0.05) is 36.4 Å². The Bertz CT molecular complexity index is 1200. The predicted octanol–water partition coefficient (Wildman–Crippen LogP) is 3.20. The quantitative estimate of drug-likeness (QED) is 0.369. The zero-order valence-corrected chi connectivity index (χ0v) is 17.5. The lowest BCUT2D eigenvalue weighted by molar-refractivity contribution is 0.0953. The van der Waals surface area contributed by atoms with E-state index in [4.69, 9.17) is 11.0 Å². The first-order valence-corrected chi connectivity index (χ1v) is 10.7. The molecule has 1 amide bonds. The number of aromatic nitrogens is 4. The van der Waals surface area contributed by atoms with Crippen molar-refractivity contribution in [2.45, 2.75) is 19.4 Å². The lowest BCUT2D eigenvalue weighted by Gasteiger charge is -2.04. The lowest BCUT2D eigenvalue weighted by Crippen LogP contribution is -2.25. The van der Waals surface area contributed by atoms with Gasteiger partial charge in [-0.2, -0.15) is 15.5 Å². The number of aromatic amines is 1. The molecule has 0 radical (unpaired) electrons. The van der Waals surface area contributed by atoms with E-state index in [1.807, 2.05) is 53.9 Å². The third kappa shape index (κ3) is 4.65. The Morgan fingerprint density at radius 2 is 2.10 bits per heavy atom. The number of nitrogens with two attached hydrogens (primary N) is 1. The van der Waals surface area contributed by atoms with E-state index < -0.39 is 0 Å². The van der Waals surface area contributed by atoms with Gasteiger partial charge in [0.2, 0.25) is 0 Å². The number of nitriles is 1. The van der Waals surface area contributed by atoms with Crippen molar-refractivity contribution in [3.8, 4) is 16.6 Å². The largest absolute Gasteiger partial charge is 0.381 e.